The van der Waals surface area contributed by atoms with Crippen LogP contribution in [-0.4, -0.2) is 60.8 Å². The van der Waals surface area contributed by atoms with Crippen molar-refractivity contribution in [3.05, 3.63) is 30.3 Å². The number of hydrogen-bond donors (Lipinski definition) is 1. The van der Waals surface area contributed by atoms with Crippen molar-refractivity contribution in [3.8, 4) is 0 Å². The Morgan fingerprint density at radius 2 is 1.92 bits per heavy atom. The number of carbonyl (C=O) groups excluding carboxylic acids is 1. The summed E-state index contributed by atoms with van der Waals surface area (Å²) in [6.45, 7) is 3.16. The molecule has 1 amide bonds. The molecule has 1 N–H and O–H groups in total. The van der Waals surface area contributed by atoms with E-state index in [1.54, 1.807) is 18.2 Å². The molecular formula is C18H23NO6S. The van der Waals surface area contributed by atoms with Crippen molar-refractivity contribution < 1.29 is 27.9 Å². The van der Waals surface area contributed by atoms with Crippen molar-refractivity contribution in [3.63, 3.8) is 0 Å². The number of amides is 1. The standard InChI is InChI=1S/C18H23NO6S/c1-2-25-13-11-19(12-13)16(20)15-9-6-10-18(15,17(21)22)26(23,24)14-7-4-3-5-8-14/h3-5,7-8,13,15H,2,6,9-12H2,1H3,(H,21,22)/t15-,18-/m1/s1. The molecule has 1 aliphatic heterocycles. The summed E-state index contributed by atoms with van der Waals surface area (Å²) in [4.78, 5) is 26.5. The first-order valence-corrected chi connectivity index (χ1v) is 10.3. The Kier molecular flexibility index (Phi) is 5.07. The first-order valence-electron chi connectivity index (χ1n) is 8.78. The number of sulfone groups is 1. The highest BCUT2D eigenvalue weighted by Crippen LogP contribution is 2.46. The fourth-order valence-corrected chi connectivity index (χ4v) is 6.15. The molecule has 0 radical (unpaired) electrons. The second-order valence-corrected chi connectivity index (χ2v) is 8.98. The van der Waals surface area contributed by atoms with E-state index < -0.39 is 32.4 Å². The summed E-state index contributed by atoms with van der Waals surface area (Å²) in [5.41, 5.74) is 0. The van der Waals surface area contributed by atoms with Crippen LogP contribution < -0.4 is 0 Å². The lowest BCUT2D eigenvalue weighted by atomic mass is 9.92. The van der Waals surface area contributed by atoms with Gasteiger partial charge in [0, 0.05) is 19.7 Å². The van der Waals surface area contributed by atoms with E-state index in [1.165, 1.54) is 17.0 Å². The Morgan fingerprint density at radius 3 is 2.50 bits per heavy atom. The van der Waals surface area contributed by atoms with E-state index in [0.29, 0.717) is 26.1 Å². The van der Waals surface area contributed by atoms with Crippen molar-refractivity contribution >= 4 is 21.7 Å². The van der Waals surface area contributed by atoms with Crippen LogP contribution in [-0.2, 0) is 24.2 Å². The summed E-state index contributed by atoms with van der Waals surface area (Å²) < 4.78 is 29.8. The second-order valence-electron chi connectivity index (χ2n) is 6.78. The predicted octanol–water partition coefficient (Wildman–Crippen LogP) is 1.33. The van der Waals surface area contributed by atoms with Gasteiger partial charge in [0.2, 0.25) is 5.91 Å². The molecule has 3 rings (SSSR count). The zero-order valence-electron chi connectivity index (χ0n) is 14.6. The minimum Gasteiger partial charge on any atom is -0.480 e. The van der Waals surface area contributed by atoms with Crippen molar-refractivity contribution in [2.75, 3.05) is 19.7 Å². The van der Waals surface area contributed by atoms with Crippen LogP contribution in [0.2, 0.25) is 0 Å². The monoisotopic (exact) mass is 381 g/mol. The third-order valence-electron chi connectivity index (χ3n) is 5.36. The van der Waals surface area contributed by atoms with Crippen LogP contribution in [0, 0.1) is 5.92 Å². The minimum absolute atomic E-state index is 0.0568. The number of rotatable bonds is 6. The number of benzene rings is 1. The normalized spacial score (nSPS) is 26.5. The summed E-state index contributed by atoms with van der Waals surface area (Å²) in [5.74, 6) is -2.92. The quantitative estimate of drug-likeness (QED) is 0.798. The highest BCUT2D eigenvalue weighted by Gasteiger charge is 2.63. The smallest absolute Gasteiger partial charge is 0.326 e. The molecule has 0 aromatic heterocycles. The lowest BCUT2D eigenvalue weighted by Crippen LogP contribution is -2.61. The molecule has 1 saturated carbocycles. The molecule has 1 aromatic rings. The van der Waals surface area contributed by atoms with Gasteiger partial charge in [0.05, 0.1) is 16.9 Å². The topological polar surface area (TPSA) is 101 Å². The van der Waals surface area contributed by atoms with E-state index in [-0.39, 0.29) is 23.8 Å². The Balaban J connectivity index is 1.93. The maximum atomic E-state index is 13.2. The number of ether oxygens (including phenoxy) is 1. The van der Waals surface area contributed by atoms with Gasteiger partial charge in [-0.3, -0.25) is 9.59 Å². The molecule has 7 nitrogen and oxygen atoms in total. The van der Waals surface area contributed by atoms with Gasteiger partial charge in [0.1, 0.15) is 0 Å². The number of aliphatic carboxylic acids is 1. The summed E-state index contributed by atoms with van der Waals surface area (Å²) >= 11 is 0. The lowest BCUT2D eigenvalue weighted by Gasteiger charge is -2.42. The van der Waals surface area contributed by atoms with Crippen LogP contribution in [0.5, 0.6) is 0 Å². The molecule has 2 aliphatic rings. The number of nitrogens with zero attached hydrogens (tertiary/aromatic N) is 1. The van der Waals surface area contributed by atoms with Crippen molar-refractivity contribution in [2.45, 2.75) is 41.9 Å². The maximum Gasteiger partial charge on any atom is 0.326 e. The predicted molar refractivity (Wildman–Crippen MR) is 93.3 cm³/mol. The van der Waals surface area contributed by atoms with E-state index >= 15 is 0 Å². The van der Waals surface area contributed by atoms with Gasteiger partial charge in [-0.1, -0.05) is 24.6 Å². The van der Waals surface area contributed by atoms with Gasteiger partial charge < -0.3 is 14.7 Å². The highest BCUT2D eigenvalue weighted by molar-refractivity contribution is 7.93. The van der Waals surface area contributed by atoms with Crippen molar-refractivity contribution in [1.82, 2.24) is 4.90 Å². The molecule has 26 heavy (non-hydrogen) atoms. The van der Waals surface area contributed by atoms with Gasteiger partial charge in [-0.05, 0) is 31.9 Å². The molecule has 2 fully saturated rings. The van der Waals surface area contributed by atoms with E-state index in [1.807, 2.05) is 6.92 Å². The van der Waals surface area contributed by atoms with E-state index in [4.69, 9.17) is 4.74 Å². The van der Waals surface area contributed by atoms with Crippen molar-refractivity contribution in [2.24, 2.45) is 5.92 Å². The summed E-state index contributed by atoms with van der Waals surface area (Å²) in [6, 6.07) is 7.54. The number of carbonyl (C=O) groups is 2. The van der Waals surface area contributed by atoms with Crippen LogP contribution in [0.1, 0.15) is 26.2 Å². The molecule has 1 saturated heterocycles. The molecule has 1 heterocycles. The van der Waals surface area contributed by atoms with Gasteiger partial charge in [-0.15, -0.1) is 0 Å². The summed E-state index contributed by atoms with van der Waals surface area (Å²) in [5, 5.41) is 9.91. The number of carboxylic acids is 1. The lowest BCUT2D eigenvalue weighted by molar-refractivity contribution is -0.154. The van der Waals surface area contributed by atoms with Crippen LogP contribution in [0.15, 0.2) is 35.2 Å². The minimum atomic E-state index is -4.21. The Hall–Kier alpha value is -1.93. The highest BCUT2D eigenvalue weighted by atomic mass is 32.2. The van der Waals surface area contributed by atoms with E-state index in [9.17, 15) is 23.1 Å². The van der Waals surface area contributed by atoms with Crippen LogP contribution >= 0.6 is 0 Å². The SMILES string of the molecule is CCOC1CN(C(=O)[C@H]2CCC[C@@]2(C(=O)O)S(=O)(=O)c2ccccc2)C1. The van der Waals surface area contributed by atoms with Gasteiger partial charge in [-0.25, -0.2) is 8.42 Å². The molecule has 8 heteroatoms. The average Bonchev–Trinajstić information content (AvgIpc) is 3.05. The third-order valence-corrected chi connectivity index (χ3v) is 7.87. The third kappa shape index (κ3) is 2.81. The Bertz CT molecular complexity index is 787. The number of hydrogen-bond acceptors (Lipinski definition) is 5. The largest absolute Gasteiger partial charge is 0.480 e. The molecule has 0 spiro atoms. The zero-order valence-corrected chi connectivity index (χ0v) is 15.4. The van der Waals surface area contributed by atoms with Crippen LogP contribution in [0.3, 0.4) is 0 Å². The molecule has 1 aromatic carbocycles. The fourth-order valence-electron chi connectivity index (χ4n) is 3.98. The fraction of sp³-hybridized carbons (Fsp3) is 0.556. The zero-order chi connectivity index (χ0) is 18.9. The summed E-state index contributed by atoms with van der Waals surface area (Å²) in [7, 11) is -4.21. The van der Waals surface area contributed by atoms with E-state index in [2.05, 4.69) is 0 Å². The van der Waals surface area contributed by atoms with E-state index in [0.717, 1.165) is 0 Å². The summed E-state index contributed by atoms with van der Waals surface area (Å²) in [6.07, 6.45) is 0.527. The molecule has 0 bridgehead atoms. The molecule has 0 unspecified atom stereocenters. The molecule has 142 valence electrons. The van der Waals surface area contributed by atoms with Gasteiger partial charge in [-0.2, -0.15) is 0 Å². The van der Waals surface area contributed by atoms with Crippen LogP contribution in [0.25, 0.3) is 0 Å². The maximum absolute atomic E-state index is 13.2. The van der Waals surface area contributed by atoms with Gasteiger partial charge >= 0.3 is 5.97 Å². The van der Waals surface area contributed by atoms with Crippen LogP contribution in [0.4, 0.5) is 0 Å². The molecule has 1 aliphatic carbocycles. The Labute approximate surface area is 152 Å². The second kappa shape index (κ2) is 7.00. The number of likely N-dealkylation sites (tertiary alicyclic amines) is 1. The first-order chi connectivity index (χ1) is 12.3. The molecular weight excluding hydrogens is 358 g/mol. The number of carboxylic acid groups (broad SMARTS) is 1. The Morgan fingerprint density at radius 1 is 1.27 bits per heavy atom. The average molecular weight is 381 g/mol. The van der Waals surface area contributed by atoms with Crippen molar-refractivity contribution in [1.29, 1.82) is 0 Å². The molecule has 2 atom stereocenters. The van der Waals surface area contributed by atoms with Gasteiger partial charge in [0.25, 0.3) is 0 Å². The first kappa shape index (κ1) is 18.8. The van der Waals surface area contributed by atoms with Gasteiger partial charge in [0.15, 0.2) is 14.6 Å².